The first-order chi connectivity index (χ1) is 10.0. The van der Waals surface area contributed by atoms with Crippen LogP contribution in [0.2, 0.25) is 0 Å². The van der Waals surface area contributed by atoms with Crippen molar-refractivity contribution >= 4 is 9.84 Å². The zero-order valence-corrected chi connectivity index (χ0v) is 13.0. The minimum Gasteiger partial charge on any atom is -0.324 e. The maximum Gasteiger partial charge on any atom is 0.178 e. The van der Waals surface area contributed by atoms with Crippen LogP contribution in [0, 0.1) is 0 Å². The fraction of sp³-hybridized carbons (Fsp3) is 0.294. The second-order valence-electron chi connectivity index (χ2n) is 5.15. The minimum absolute atomic E-state index is 0.171. The van der Waals surface area contributed by atoms with E-state index in [0.29, 0.717) is 17.7 Å². The summed E-state index contributed by atoms with van der Waals surface area (Å²) in [5.41, 5.74) is 8.03. The summed E-state index contributed by atoms with van der Waals surface area (Å²) in [5, 5.41) is 0. The molecule has 0 amide bonds. The van der Waals surface area contributed by atoms with E-state index in [1.165, 1.54) is 0 Å². The van der Waals surface area contributed by atoms with Crippen molar-refractivity contribution in [2.24, 2.45) is 5.73 Å². The molecule has 0 heterocycles. The van der Waals surface area contributed by atoms with E-state index in [9.17, 15) is 8.42 Å². The van der Waals surface area contributed by atoms with E-state index in [2.05, 4.69) is 0 Å². The predicted octanol–water partition coefficient (Wildman–Crippen LogP) is 3.11. The third-order valence-corrected chi connectivity index (χ3v) is 5.46. The summed E-state index contributed by atoms with van der Waals surface area (Å²) in [7, 11) is -3.22. The highest BCUT2D eigenvalue weighted by Crippen LogP contribution is 2.23. The fourth-order valence-corrected chi connectivity index (χ4v) is 4.00. The van der Waals surface area contributed by atoms with Gasteiger partial charge in [-0.25, -0.2) is 8.42 Å². The third-order valence-electron chi connectivity index (χ3n) is 3.45. The molecule has 0 radical (unpaired) electrons. The van der Waals surface area contributed by atoms with E-state index in [4.69, 9.17) is 5.73 Å². The van der Waals surface area contributed by atoms with Crippen molar-refractivity contribution in [3.05, 3.63) is 65.7 Å². The molecule has 112 valence electrons. The fourth-order valence-electron chi connectivity index (χ4n) is 2.41. The lowest BCUT2D eigenvalue weighted by atomic mass is 10.00. The Morgan fingerprint density at radius 2 is 1.62 bits per heavy atom. The Kier molecular flexibility index (Phi) is 5.15. The molecule has 1 unspecified atom stereocenters. The third kappa shape index (κ3) is 3.93. The molecule has 0 bridgehead atoms. The summed E-state index contributed by atoms with van der Waals surface area (Å²) in [6, 6.07) is 16.7. The highest BCUT2D eigenvalue weighted by Gasteiger charge is 2.19. The summed E-state index contributed by atoms with van der Waals surface area (Å²) in [6.07, 6.45) is 1.13. The van der Waals surface area contributed by atoms with Crippen LogP contribution in [0.3, 0.4) is 0 Å². The van der Waals surface area contributed by atoms with Crippen LogP contribution in [0.5, 0.6) is 0 Å². The Hall–Kier alpha value is -1.65. The average molecular weight is 303 g/mol. The topological polar surface area (TPSA) is 60.2 Å². The van der Waals surface area contributed by atoms with E-state index >= 15 is 0 Å². The molecule has 0 aliphatic carbocycles. The molecule has 0 aliphatic rings. The number of hydrogen-bond donors (Lipinski definition) is 1. The standard InChI is InChI=1S/C17H21NO2S/c1-2-12-21(19,20)17-11-7-6-10-15(17)13-16(18)14-8-4-3-5-9-14/h3-11,16H,2,12-13,18H2,1H3. The average Bonchev–Trinajstić information content (AvgIpc) is 2.48. The molecule has 2 aromatic carbocycles. The van der Waals surface area contributed by atoms with Crippen molar-refractivity contribution in [2.45, 2.75) is 30.7 Å². The van der Waals surface area contributed by atoms with E-state index < -0.39 is 9.84 Å². The molecule has 1 atom stereocenters. The van der Waals surface area contributed by atoms with Crippen molar-refractivity contribution in [2.75, 3.05) is 5.75 Å². The zero-order valence-electron chi connectivity index (χ0n) is 12.2. The van der Waals surface area contributed by atoms with Gasteiger partial charge in [0, 0.05) is 6.04 Å². The quantitative estimate of drug-likeness (QED) is 0.892. The van der Waals surface area contributed by atoms with Gasteiger partial charge >= 0.3 is 0 Å². The first kappa shape index (κ1) is 15.7. The van der Waals surface area contributed by atoms with Gasteiger partial charge in [0.25, 0.3) is 0 Å². The van der Waals surface area contributed by atoms with Crippen molar-refractivity contribution < 1.29 is 8.42 Å². The van der Waals surface area contributed by atoms with E-state index in [1.54, 1.807) is 12.1 Å². The SMILES string of the molecule is CCCS(=O)(=O)c1ccccc1CC(N)c1ccccc1. The first-order valence-electron chi connectivity index (χ1n) is 7.16. The molecule has 0 saturated carbocycles. The second kappa shape index (κ2) is 6.87. The molecule has 0 aliphatic heterocycles. The molecule has 0 saturated heterocycles. The monoisotopic (exact) mass is 303 g/mol. The Morgan fingerprint density at radius 1 is 1.00 bits per heavy atom. The molecular weight excluding hydrogens is 282 g/mol. The van der Waals surface area contributed by atoms with Gasteiger partial charge in [-0.1, -0.05) is 55.5 Å². The Labute approximate surface area is 126 Å². The zero-order chi connectivity index (χ0) is 15.3. The van der Waals surface area contributed by atoms with Gasteiger partial charge in [0.1, 0.15) is 0 Å². The van der Waals surface area contributed by atoms with Crippen molar-refractivity contribution in [3.63, 3.8) is 0 Å². The van der Waals surface area contributed by atoms with E-state index in [-0.39, 0.29) is 11.8 Å². The van der Waals surface area contributed by atoms with Crippen LogP contribution in [0.25, 0.3) is 0 Å². The normalized spacial score (nSPS) is 13.0. The van der Waals surface area contributed by atoms with Crippen LogP contribution >= 0.6 is 0 Å². The second-order valence-corrected chi connectivity index (χ2v) is 7.23. The van der Waals surface area contributed by atoms with Crippen LogP contribution in [0.4, 0.5) is 0 Å². The van der Waals surface area contributed by atoms with Gasteiger partial charge in [0.15, 0.2) is 9.84 Å². The summed E-state index contributed by atoms with van der Waals surface area (Å²) in [4.78, 5) is 0.415. The van der Waals surface area contributed by atoms with Crippen molar-refractivity contribution in [1.82, 2.24) is 0 Å². The highest BCUT2D eigenvalue weighted by molar-refractivity contribution is 7.91. The Bertz CT molecular complexity index is 681. The molecule has 3 nitrogen and oxygen atoms in total. The lowest BCUT2D eigenvalue weighted by Gasteiger charge is -2.15. The Morgan fingerprint density at radius 3 is 2.29 bits per heavy atom. The van der Waals surface area contributed by atoms with Gasteiger partial charge in [-0.15, -0.1) is 0 Å². The van der Waals surface area contributed by atoms with Gasteiger partial charge in [0.2, 0.25) is 0 Å². The first-order valence-corrected chi connectivity index (χ1v) is 8.81. The molecule has 2 aromatic rings. The van der Waals surface area contributed by atoms with Gasteiger partial charge in [-0.05, 0) is 30.0 Å². The van der Waals surface area contributed by atoms with Crippen LogP contribution in [0.1, 0.15) is 30.5 Å². The van der Waals surface area contributed by atoms with Crippen LogP contribution in [-0.4, -0.2) is 14.2 Å². The van der Waals surface area contributed by atoms with E-state index in [0.717, 1.165) is 11.1 Å². The predicted molar refractivity (Wildman–Crippen MR) is 85.9 cm³/mol. The molecule has 0 aromatic heterocycles. The lowest BCUT2D eigenvalue weighted by molar-refractivity contribution is 0.592. The minimum atomic E-state index is -3.22. The molecule has 2 N–H and O–H groups in total. The molecule has 4 heteroatoms. The Balaban J connectivity index is 2.29. The number of benzene rings is 2. The van der Waals surface area contributed by atoms with Crippen LogP contribution < -0.4 is 5.73 Å². The number of nitrogens with two attached hydrogens (primary N) is 1. The van der Waals surface area contributed by atoms with Gasteiger partial charge in [-0.2, -0.15) is 0 Å². The van der Waals surface area contributed by atoms with Crippen molar-refractivity contribution in [1.29, 1.82) is 0 Å². The molecule has 0 fully saturated rings. The van der Waals surface area contributed by atoms with Crippen LogP contribution in [0.15, 0.2) is 59.5 Å². The summed E-state index contributed by atoms with van der Waals surface area (Å²) >= 11 is 0. The summed E-state index contributed by atoms with van der Waals surface area (Å²) in [5.74, 6) is 0.171. The lowest BCUT2D eigenvalue weighted by Crippen LogP contribution is -2.16. The molecular formula is C17H21NO2S. The summed E-state index contributed by atoms with van der Waals surface area (Å²) < 4.78 is 24.7. The van der Waals surface area contributed by atoms with Crippen LogP contribution in [-0.2, 0) is 16.3 Å². The largest absolute Gasteiger partial charge is 0.324 e. The van der Waals surface area contributed by atoms with E-state index in [1.807, 2.05) is 49.4 Å². The summed E-state index contributed by atoms with van der Waals surface area (Å²) in [6.45, 7) is 1.87. The number of rotatable bonds is 6. The molecule has 21 heavy (non-hydrogen) atoms. The number of hydrogen-bond acceptors (Lipinski definition) is 3. The maximum absolute atomic E-state index is 12.3. The maximum atomic E-state index is 12.3. The van der Waals surface area contributed by atoms with Crippen molar-refractivity contribution in [3.8, 4) is 0 Å². The number of sulfone groups is 1. The van der Waals surface area contributed by atoms with Gasteiger partial charge in [0.05, 0.1) is 10.6 Å². The smallest absolute Gasteiger partial charge is 0.178 e. The van der Waals surface area contributed by atoms with Gasteiger partial charge < -0.3 is 5.73 Å². The molecule has 2 rings (SSSR count). The molecule has 0 spiro atoms. The highest BCUT2D eigenvalue weighted by atomic mass is 32.2. The van der Waals surface area contributed by atoms with Gasteiger partial charge in [-0.3, -0.25) is 0 Å².